The molecule has 0 unspecified atom stereocenters. The number of aryl methyl sites for hydroxylation is 1. The molecule has 0 aliphatic carbocycles. The summed E-state index contributed by atoms with van der Waals surface area (Å²) in [5, 5.41) is 8.68. The molecule has 2 heterocycles. The molecule has 2 rings (SSSR count). The van der Waals surface area contributed by atoms with E-state index in [4.69, 9.17) is 9.52 Å². The minimum atomic E-state index is -1.05. The van der Waals surface area contributed by atoms with Gasteiger partial charge in [-0.25, -0.2) is 4.79 Å². The second-order valence-corrected chi connectivity index (χ2v) is 4.16. The Morgan fingerprint density at radius 1 is 1.47 bits per heavy atom. The first-order valence-electron chi connectivity index (χ1n) is 5.76. The summed E-state index contributed by atoms with van der Waals surface area (Å²) in [7, 11) is 0. The number of carboxylic acids is 1. The van der Waals surface area contributed by atoms with Crippen LogP contribution in [0.5, 0.6) is 0 Å². The van der Waals surface area contributed by atoms with Crippen LogP contribution in [0, 0.1) is 0 Å². The van der Waals surface area contributed by atoms with E-state index in [1.807, 2.05) is 4.90 Å². The van der Waals surface area contributed by atoms with Gasteiger partial charge in [0.1, 0.15) is 5.76 Å². The summed E-state index contributed by atoms with van der Waals surface area (Å²) in [5.41, 5.74) is 0. The Hall–Kier alpha value is -1.78. The van der Waals surface area contributed by atoms with Crippen molar-refractivity contribution in [2.75, 3.05) is 13.1 Å². The molecule has 1 aliphatic rings. The van der Waals surface area contributed by atoms with Gasteiger partial charge >= 0.3 is 5.97 Å². The van der Waals surface area contributed by atoms with Crippen molar-refractivity contribution in [2.24, 2.45) is 0 Å². The summed E-state index contributed by atoms with van der Waals surface area (Å²) < 4.78 is 5.13. The Bertz CT molecular complexity index is 424. The molecule has 1 saturated heterocycles. The molecule has 0 atom stereocenters. The number of carbonyl (C=O) groups excluding carboxylic acids is 1. The van der Waals surface area contributed by atoms with E-state index in [1.165, 1.54) is 6.07 Å². The number of likely N-dealkylation sites (tertiary alicyclic amines) is 1. The predicted octanol–water partition coefficient (Wildman–Crippen LogP) is 1.53. The van der Waals surface area contributed by atoms with Gasteiger partial charge in [0, 0.05) is 25.9 Å². The Balaban J connectivity index is 1.77. The zero-order valence-electron chi connectivity index (χ0n) is 9.52. The van der Waals surface area contributed by atoms with Crippen LogP contribution in [-0.4, -0.2) is 35.0 Å². The number of aromatic carboxylic acids is 1. The van der Waals surface area contributed by atoms with E-state index in [2.05, 4.69) is 0 Å². The van der Waals surface area contributed by atoms with Gasteiger partial charge in [-0.2, -0.15) is 0 Å². The highest BCUT2D eigenvalue weighted by atomic mass is 16.4. The van der Waals surface area contributed by atoms with Gasteiger partial charge < -0.3 is 14.4 Å². The van der Waals surface area contributed by atoms with Gasteiger partial charge in [-0.15, -0.1) is 0 Å². The minimum absolute atomic E-state index is 0.0303. The Kier molecular flexibility index (Phi) is 3.46. The Morgan fingerprint density at radius 3 is 2.88 bits per heavy atom. The van der Waals surface area contributed by atoms with E-state index in [1.54, 1.807) is 6.07 Å². The van der Waals surface area contributed by atoms with Crippen molar-refractivity contribution in [1.29, 1.82) is 0 Å². The van der Waals surface area contributed by atoms with Gasteiger partial charge in [-0.1, -0.05) is 0 Å². The van der Waals surface area contributed by atoms with Crippen LogP contribution in [0.25, 0.3) is 0 Å². The third-order valence-electron chi connectivity index (χ3n) is 2.90. The standard InChI is InChI=1S/C12H15NO4/c14-11-4-2-8-13(11)7-1-3-9-5-6-10(17-9)12(15)16/h5-6H,1-4,7-8H2,(H,15,16). The third-order valence-corrected chi connectivity index (χ3v) is 2.90. The maximum Gasteiger partial charge on any atom is 0.371 e. The highest BCUT2D eigenvalue weighted by Gasteiger charge is 2.19. The number of carboxylic acid groups (broad SMARTS) is 1. The molecule has 1 fully saturated rings. The topological polar surface area (TPSA) is 70.8 Å². The first kappa shape index (κ1) is 11.7. The first-order chi connectivity index (χ1) is 8.16. The second kappa shape index (κ2) is 5.03. The fourth-order valence-electron chi connectivity index (χ4n) is 2.01. The van der Waals surface area contributed by atoms with Crippen LogP contribution in [-0.2, 0) is 11.2 Å². The third kappa shape index (κ3) is 2.87. The van der Waals surface area contributed by atoms with Crippen molar-refractivity contribution < 1.29 is 19.1 Å². The molecule has 1 aromatic rings. The lowest BCUT2D eigenvalue weighted by Crippen LogP contribution is -2.25. The highest BCUT2D eigenvalue weighted by molar-refractivity contribution is 5.84. The number of furan rings is 1. The molecule has 1 aliphatic heterocycles. The number of hydrogen-bond donors (Lipinski definition) is 1. The zero-order valence-corrected chi connectivity index (χ0v) is 9.52. The highest BCUT2D eigenvalue weighted by Crippen LogP contribution is 2.13. The van der Waals surface area contributed by atoms with Crippen LogP contribution in [0.1, 0.15) is 35.6 Å². The van der Waals surface area contributed by atoms with Crippen LogP contribution in [0.4, 0.5) is 0 Å². The molecule has 0 aromatic carbocycles. The molecule has 1 amide bonds. The van der Waals surface area contributed by atoms with Crippen molar-refractivity contribution in [3.63, 3.8) is 0 Å². The largest absolute Gasteiger partial charge is 0.475 e. The van der Waals surface area contributed by atoms with E-state index < -0.39 is 5.97 Å². The van der Waals surface area contributed by atoms with E-state index in [0.717, 1.165) is 25.9 Å². The second-order valence-electron chi connectivity index (χ2n) is 4.16. The van der Waals surface area contributed by atoms with Gasteiger partial charge in [0.15, 0.2) is 0 Å². The predicted molar refractivity (Wildman–Crippen MR) is 59.8 cm³/mol. The summed E-state index contributed by atoms with van der Waals surface area (Å²) in [6.45, 7) is 1.57. The molecule has 5 heteroatoms. The van der Waals surface area contributed by atoms with Crippen molar-refractivity contribution in [3.05, 3.63) is 23.7 Å². The average Bonchev–Trinajstić information content (AvgIpc) is 2.89. The fraction of sp³-hybridized carbons (Fsp3) is 0.500. The first-order valence-corrected chi connectivity index (χ1v) is 5.76. The molecule has 1 aromatic heterocycles. The number of amides is 1. The summed E-state index contributed by atoms with van der Waals surface area (Å²) in [4.78, 5) is 23.8. The monoisotopic (exact) mass is 237 g/mol. The zero-order chi connectivity index (χ0) is 12.3. The minimum Gasteiger partial charge on any atom is -0.475 e. The van der Waals surface area contributed by atoms with Crippen LogP contribution >= 0.6 is 0 Å². The lowest BCUT2D eigenvalue weighted by atomic mass is 10.2. The lowest BCUT2D eigenvalue weighted by Gasteiger charge is -2.14. The molecular weight excluding hydrogens is 222 g/mol. The number of carbonyl (C=O) groups is 2. The van der Waals surface area contributed by atoms with Gasteiger partial charge in [0.2, 0.25) is 11.7 Å². The van der Waals surface area contributed by atoms with Crippen molar-refractivity contribution in [2.45, 2.75) is 25.7 Å². The molecule has 0 saturated carbocycles. The smallest absolute Gasteiger partial charge is 0.371 e. The normalized spacial score (nSPS) is 15.5. The SMILES string of the molecule is O=C(O)c1ccc(CCCN2CCCC2=O)o1. The van der Waals surface area contributed by atoms with Gasteiger partial charge in [-0.3, -0.25) is 4.79 Å². The molecule has 0 bridgehead atoms. The number of hydrogen-bond acceptors (Lipinski definition) is 3. The average molecular weight is 237 g/mol. The van der Waals surface area contributed by atoms with E-state index in [9.17, 15) is 9.59 Å². The Labute approximate surface area is 99.0 Å². The lowest BCUT2D eigenvalue weighted by molar-refractivity contribution is -0.127. The van der Waals surface area contributed by atoms with Gasteiger partial charge in [0.05, 0.1) is 0 Å². The molecule has 17 heavy (non-hydrogen) atoms. The number of nitrogens with zero attached hydrogens (tertiary/aromatic N) is 1. The molecule has 1 N–H and O–H groups in total. The summed E-state index contributed by atoms with van der Waals surface area (Å²) >= 11 is 0. The summed E-state index contributed by atoms with van der Waals surface area (Å²) in [6, 6.07) is 3.13. The summed E-state index contributed by atoms with van der Waals surface area (Å²) in [6.07, 6.45) is 3.07. The summed E-state index contributed by atoms with van der Waals surface area (Å²) in [5.74, 6) is -0.201. The van der Waals surface area contributed by atoms with Gasteiger partial charge in [0.25, 0.3) is 0 Å². The molecule has 0 radical (unpaired) electrons. The van der Waals surface area contributed by atoms with Crippen LogP contribution in [0.3, 0.4) is 0 Å². The van der Waals surface area contributed by atoms with Crippen LogP contribution in [0.2, 0.25) is 0 Å². The van der Waals surface area contributed by atoms with E-state index >= 15 is 0 Å². The van der Waals surface area contributed by atoms with Gasteiger partial charge in [-0.05, 0) is 25.0 Å². The molecular formula is C12H15NO4. The molecule has 92 valence electrons. The van der Waals surface area contributed by atoms with Crippen molar-refractivity contribution in [1.82, 2.24) is 4.90 Å². The maximum atomic E-state index is 11.3. The van der Waals surface area contributed by atoms with Crippen molar-refractivity contribution in [3.8, 4) is 0 Å². The van der Waals surface area contributed by atoms with Crippen LogP contribution < -0.4 is 0 Å². The fourth-order valence-corrected chi connectivity index (χ4v) is 2.01. The number of rotatable bonds is 5. The quantitative estimate of drug-likeness (QED) is 0.843. The maximum absolute atomic E-state index is 11.3. The Morgan fingerprint density at radius 2 is 2.29 bits per heavy atom. The van der Waals surface area contributed by atoms with Crippen molar-refractivity contribution >= 4 is 11.9 Å². The molecule has 0 spiro atoms. The molecule has 5 nitrogen and oxygen atoms in total. The van der Waals surface area contributed by atoms with E-state index in [0.29, 0.717) is 18.6 Å². The van der Waals surface area contributed by atoms with E-state index in [-0.39, 0.29) is 11.7 Å². The van der Waals surface area contributed by atoms with Crippen LogP contribution in [0.15, 0.2) is 16.5 Å².